The molecular weight excluding hydrogens is 247 g/mol. The van der Waals surface area contributed by atoms with Gasteiger partial charge in [-0.1, -0.05) is 11.6 Å². The first kappa shape index (κ1) is 12.0. The van der Waals surface area contributed by atoms with Crippen LogP contribution in [0.4, 0.5) is 5.82 Å². The van der Waals surface area contributed by atoms with Crippen molar-refractivity contribution < 1.29 is 4.74 Å². The summed E-state index contributed by atoms with van der Waals surface area (Å²) in [5, 5.41) is 0.620. The SMILES string of the molecule is CN(c1cc(CCl)c(Cl)cn1)C1CCOC1. The Bertz CT molecular complexity index is 367. The predicted molar refractivity (Wildman–Crippen MR) is 66.4 cm³/mol. The quantitative estimate of drug-likeness (QED) is 0.782. The van der Waals surface area contributed by atoms with Crippen LogP contribution >= 0.6 is 23.2 Å². The van der Waals surface area contributed by atoms with E-state index in [2.05, 4.69) is 9.88 Å². The molecule has 1 aliphatic heterocycles. The Morgan fingerprint density at radius 1 is 1.62 bits per heavy atom. The van der Waals surface area contributed by atoms with Gasteiger partial charge in [-0.2, -0.15) is 0 Å². The molecule has 16 heavy (non-hydrogen) atoms. The van der Waals surface area contributed by atoms with Crippen LogP contribution in [0.1, 0.15) is 12.0 Å². The van der Waals surface area contributed by atoms with Crippen molar-refractivity contribution in [2.45, 2.75) is 18.3 Å². The molecule has 5 heteroatoms. The number of aromatic nitrogens is 1. The van der Waals surface area contributed by atoms with Crippen molar-refractivity contribution in [1.82, 2.24) is 4.98 Å². The predicted octanol–water partition coefficient (Wildman–Crippen LogP) is 2.70. The summed E-state index contributed by atoms with van der Waals surface area (Å²) in [6.07, 6.45) is 2.69. The molecule has 0 radical (unpaired) electrons. The first-order chi connectivity index (χ1) is 7.72. The van der Waals surface area contributed by atoms with Crippen LogP contribution in [-0.2, 0) is 10.6 Å². The highest BCUT2D eigenvalue weighted by Crippen LogP contribution is 2.24. The summed E-state index contributed by atoms with van der Waals surface area (Å²) in [5.41, 5.74) is 0.916. The van der Waals surface area contributed by atoms with Gasteiger partial charge < -0.3 is 9.64 Å². The molecule has 3 nitrogen and oxygen atoms in total. The van der Waals surface area contributed by atoms with Crippen LogP contribution in [-0.4, -0.2) is 31.3 Å². The van der Waals surface area contributed by atoms with E-state index in [0.717, 1.165) is 31.0 Å². The van der Waals surface area contributed by atoms with E-state index >= 15 is 0 Å². The summed E-state index contributed by atoms with van der Waals surface area (Å²) in [5.74, 6) is 1.30. The lowest BCUT2D eigenvalue weighted by Gasteiger charge is -2.24. The molecule has 1 aromatic rings. The molecule has 2 heterocycles. The van der Waals surface area contributed by atoms with Crippen molar-refractivity contribution >= 4 is 29.0 Å². The number of ether oxygens (including phenoxy) is 1. The topological polar surface area (TPSA) is 25.4 Å². The summed E-state index contributed by atoms with van der Waals surface area (Å²) >= 11 is 11.8. The maximum atomic E-state index is 5.97. The number of pyridine rings is 1. The minimum absolute atomic E-state index is 0.400. The molecule has 1 aromatic heterocycles. The van der Waals surface area contributed by atoms with Gasteiger partial charge in [0.25, 0.3) is 0 Å². The first-order valence-electron chi connectivity index (χ1n) is 5.23. The average molecular weight is 261 g/mol. The van der Waals surface area contributed by atoms with E-state index in [1.165, 1.54) is 0 Å². The van der Waals surface area contributed by atoms with E-state index in [-0.39, 0.29) is 0 Å². The Hall–Kier alpha value is -0.510. The summed E-state index contributed by atoms with van der Waals surface area (Å²) in [7, 11) is 2.02. The van der Waals surface area contributed by atoms with Gasteiger partial charge in [0.05, 0.1) is 17.7 Å². The van der Waals surface area contributed by atoms with E-state index < -0.39 is 0 Å². The molecule has 0 bridgehead atoms. The Morgan fingerprint density at radius 3 is 3.06 bits per heavy atom. The second-order valence-electron chi connectivity index (χ2n) is 3.90. The zero-order valence-electron chi connectivity index (χ0n) is 9.12. The third-order valence-corrected chi connectivity index (χ3v) is 3.51. The van der Waals surface area contributed by atoms with Crippen molar-refractivity contribution in [2.75, 3.05) is 25.2 Å². The number of hydrogen-bond donors (Lipinski definition) is 0. The van der Waals surface area contributed by atoms with E-state index in [9.17, 15) is 0 Å². The molecular formula is C11H14Cl2N2O. The lowest BCUT2D eigenvalue weighted by molar-refractivity contribution is 0.193. The lowest BCUT2D eigenvalue weighted by Crippen LogP contribution is -2.32. The van der Waals surface area contributed by atoms with Gasteiger partial charge in [-0.15, -0.1) is 11.6 Å². The normalized spacial score (nSPS) is 20.1. The van der Waals surface area contributed by atoms with Gasteiger partial charge in [0.15, 0.2) is 0 Å². The summed E-state index contributed by atoms with van der Waals surface area (Å²) in [6, 6.07) is 2.34. The highest BCUT2D eigenvalue weighted by molar-refractivity contribution is 6.32. The van der Waals surface area contributed by atoms with Crippen molar-refractivity contribution in [3.63, 3.8) is 0 Å². The van der Waals surface area contributed by atoms with Crippen molar-refractivity contribution in [1.29, 1.82) is 0 Å². The maximum Gasteiger partial charge on any atom is 0.128 e. The number of rotatable bonds is 3. The van der Waals surface area contributed by atoms with Crippen LogP contribution in [0.2, 0.25) is 5.02 Å². The first-order valence-corrected chi connectivity index (χ1v) is 6.14. The van der Waals surface area contributed by atoms with Crippen molar-refractivity contribution in [3.8, 4) is 0 Å². The van der Waals surface area contributed by atoms with Gasteiger partial charge in [-0.3, -0.25) is 0 Å². The van der Waals surface area contributed by atoms with Gasteiger partial charge in [0, 0.05) is 25.7 Å². The standard InChI is InChI=1S/C11H14Cl2N2O/c1-15(9-2-3-16-7-9)11-4-8(5-12)10(13)6-14-11/h4,6,9H,2-3,5,7H2,1H3. The molecule has 1 saturated heterocycles. The third kappa shape index (κ3) is 2.42. The second kappa shape index (κ2) is 5.21. The molecule has 0 aliphatic carbocycles. The highest BCUT2D eigenvalue weighted by atomic mass is 35.5. The summed E-state index contributed by atoms with van der Waals surface area (Å²) < 4.78 is 5.36. The fourth-order valence-electron chi connectivity index (χ4n) is 1.78. The van der Waals surface area contributed by atoms with Gasteiger partial charge in [-0.05, 0) is 18.1 Å². The molecule has 0 saturated carbocycles. The minimum atomic E-state index is 0.400. The van der Waals surface area contributed by atoms with E-state index in [1.54, 1.807) is 6.20 Å². The summed E-state index contributed by atoms with van der Waals surface area (Å²) in [6.45, 7) is 1.59. The van der Waals surface area contributed by atoms with Crippen LogP contribution in [0.3, 0.4) is 0 Å². The Morgan fingerprint density at radius 2 is 2.44 bits per heavy atom. The van der Waals surface area contributed by atoms with E-state index in [0.29, 0.717) is 16.9 Å². The molecule has 0 spiro atoms. The Balaban J connectivity index is 2.19. The molecule has 88 valence electrons. The fourth-order valence-corrected chi connectivity index (χ4v) is 2.24. The smallest absolute Gasteiger partial charge is 0.128 e. The Labute approximate surface area is 105 Å². The van der Waals surface area contributed by atoms with Crippen LogP contribution < -0.4 is 4.90 Å². The zero-order valence-corrected chi connectivity index (χ0v) is 10.6. The molecule has 1 fully saturated rings. The number of hydrogen-bond acceptors (Lipinski definition) is 3. The monoisotopic (exact) mass is 260 g/mol. The number of anilines is 1. The number of likely N-dealkylation sites (N-methyl/N-ethyl adjacent to an activating group) is 1. The molecule has 0 aromatic carbocycles. The highest BCUT2D eigenvalue weighted by Gasteiger charge is 2.21. The maximum absolute atomic E-state index is 5.97. The van der Waals surface area contributed by atoms with Gasteiger partial charge in [0.1, 0.15) is 5.82 Å². The molecule has 1 atom stereocenters. The summed E-state index contributed by atoms with van der Waals surface area (Å²) in [4.78, 5) is 6.44. The molecule has 1 aliphatic rings. The van der Waals surface area contributed by atoms with E-state index in [1.807, 2.05) is 13.1 Å². The van der Waals surface area contributed by atoms with E-state index in [4.69, 9.17) is 27.9 Å². The van der Waals surface area contributed by atoms with Crippen LogP contribution in [0.15, 0.2) is 12.3 Å². The zero-order chi connectivity index (χ0) is 11.5. The fraction of sp³-hybridized carbons (Fsp3) is 0.545. The largest absolute Gasteiger partial charge is 0.379 e. The molecule has 1 unspecified atom stereocenters. The van der Waals surface area contributed by atoms with Crippen molar-refractivity contribution in [2.24, 2.45) is 0 Å². The Kier molecular flexibility index (Phi) is 3.90. The number of alkyl halides is 1. The third-order valence-electron chi connectivity index (χ3n) is 2.88. The van der Waals surface area contributed by atoms with Crippen LogP contribution in [0, 0.1) is 0 Å². The average Bonchev–Trinajstić information content (AvgIpc) is 2.82. The molecule has 0 amide bonds. The van der Waals surface area contributed by atoms with Gasteiger partial charge in [-0.25, -0.2) is 4.98 Å². The number of nitrogens with zero attached hydrogens (tertiary/aromatic N) is 2. The molecule has 0 N–H and O–H groups in total. The van der Waals surface area contributed by atoms with Gasteiger partial charge >= 0.3 is 0 Å². The van der Waals surface area contributed by atoms with Crippen LogP contribution in [0.5, 0.6) is 0 Å². The van der Waals surface area contributed by atoms with Crippen LogP contribution in [0.25, 0.3) is 0 Å². The minimum Gasteiger partial charge on any atom is -0.379 e. The molecule has 2 rings (SSSR count). The second-order valence-corrected chi connectivity index (χ2v) is 4.57. The lowest BCUT2D eigenvalue weighted by atomic mass is 10.2. The van der Waals surface area contributed by atoms with Crippen molar-refractivity contribution in [3.05, 3.63) is 22.8 Å². The number of halogens is 2. The van der Waals surface area contributed by atoms with Gasteiger partial charge in [0.2, 0.25) is 0 Å².